The SMILES string of the molecule is CC(=O)OC1OC(C(=O)O)C(O)C(O)C1O. The normalized spacial score (nSPS) is 39.1. The molecule has 0 aliphatic carbocycles. The summed E-state index contributed by atoms with van der Waals surface area (Å²) in [7, 11) is 0. The number of aliphatic hydroxyl groups is 3. The molecule has 5 unspecified atom stereocenters. The van der Waals surface area contributed by atoms with Crippen LogP contribution in [0.4, 0.5) is 0 Å². The molecule has 92 valence electrons. The molecule has 0 aromatic carbocycles. The Bertz CT molecular complexity index is 288. The average Bonchev–Trinajstić information content (AvgIpc) is 2.18. The number of carbonyl (C=O) groups is 2. The molecular weight excluding hydrogens is 224 g/mol. The van der Waals surface area contributed by atoms with Crippen LogP contribution >= 0.6 is 0 Å². The largest absolute Gasteiger partial charge is 0.479 e. The minimum Gasteiger partial charge on any atom is -0.479 e. The van der Waals surface area contributed by atoms with E-state index in [0.717, 1.165) is 6.92 Å². The summed E-state index contributed by atoms with van der Waals surface area (Å²) in [5.74, 6) is -2.34. The van der Waals surface area contributed by atoms with Crippen LogP contribution in [0.3, 0.4) is 0 Å². The Hall–Kier alpha value is -1.22. The van der Waals surface area contributed by atoms with Gasteiger partial charge in [-0.25, -0.2) is 4.79 Å². The molecule has 0 saturated carbocycles. The fourth-order valence-corrected chi connectivity index (χ4v) is 1.31. The number of carbonyl (C=O) groups excluding carboxylic acids is 1. The Morgan fingerprint density at radius 1 is 1.12 bits per heavy atom. The molecule has 5 atom stereocenters. The number of hydrogen-bond donors (Lipinski definition) is 4. The molecule has 1 fully saturated rings. The van der Waals surface area contributed by atoms with Crippen molar-refractivity contribution in [3.63, 3.8) is 0 Å². The predicted octanol–water partition coefficient (Wildman–Crippen LogP) is -2.56. The van der Waals surface area contributed by atoms with Gasteiger partial charge in [0.1, 0.15) is 18.3 Å². The van der Waals surface area contributed by atoms with Gasteiger partial charge in [-0.15, -0.1) is 0 Å². The number of rotatable bonds is 2. The van der Waals surface area contributed by atoms with E-state index in [0.29, 0.717) is 0 Å². The summed E-state index contributed by atoms with van der Waals surface area (Å²) in [4.78, 5) is 21.2. The van der Waals surface area contributed by atoms with Crippen LogP contribution in [-0.4, -0.2) is 63.1 Å². The molecule has 1 heterocycles. The standard InChI is InChI=1S/C8H12O8/c1-2(9)15-8-5(12)3(10)4(11)6(16-8)7(13)14/h3-6,8,10-12H,1H3,(H,13,14). The van der Waals surface area contributed by atoms with E-state index in [1.165, 1.54) is 0 Å². The third kappa shape index (κ3) is 2.47. The summed E-state index contributed by atoms with van der Waals surface area (Å²) in [6, 6.07) is 0. The van der Waals surface area contributed by atoms with Crippen molar-refractivity contribution in [2.45, 2.75) is 37.6 Å². The summed E-state index contributed by atoms with van der Waals surface area (Å²) in [6.45, 7) is 1.03. The highest BCUT2D eigenvalue weighted by Gasteiger charge is 2.48. The van der Waals surface area contributed by atoms with Crippen molar-refractivity contribution < 1.29 is 39.5 Å². The zero-order valence-corrected chi connectivity index (χ0v) is 8.31. The maximum Gasteiger partial charge on any atom is 0.335 e. The molecule has 0 radical (unpaired) electrons. The van der Waals surface area contributed by atoms with Gasteiger partial charge in [0, 0.05) is 6.92 Å². The summed E-state index contributed by atoms with van der Waals surface area (Å²) in [6.07, 6.45) is -8.63. The van der Waals surface area contributed by atoms with Crippen molar-refractivity contribution >= 4 is 11.9 Å². The van der Waals surface area contributed by atoms with E-state index in [1.54, 1.807) is 0 Å². The Labute approximate surface area is 90.0 Å². The molecule has 16 heavy (non-hydrogen) atoms. The first kappa shape index (κ1) is 12.8. The van der Waals surface area contributed by atoms with Gasteiger partial charge in [0.2, 0.25) is 6.29 Å². The number of hydrogen-bond acceptors (Lipinski definition) is 7. The van der Waals surface area contributed by atoms with Gasteiger partial charge in [-0.05, 0) is 0 Å². The minimum absolute atomic E-state index is 0.809. The van der Waals surface area contributed by atoms with E-state index in [-0.39, 0.29) is 0 Å². The van der Waals surface area contributed by atoms with Crippen molar-refractivity contribution in [3.8, 4) is 0 Å². The van der Waals surface area contributed by atoms with Gasteiger partial charge in [-0.3, -0.25) is 4.79 Å². The second kappa shape index (κ2) is 4.74. The zero-order chi connectivity index (χ0) is 12.5. The van der Waals surface area contributed by atoms with Crippen LogP contribution in [0.2, 0.25) is 0 Å². The highest BCUT2D eigenvalue weighted by molar-refractivity contribution is 5.73. The number of carboxylic acids is 1. The summed E-state index contributed by atoms with van der Waals surface area (Å²) in [5, 5.41) is 36.6. The molecule has 0 aromatic rings. The molecule has 0 aromatic heterocycles. The van der Waals surface area contributed by atoms with Gasteiger partial charge in [0.15, 0.2) is 6.10 Å². The van der Waals surface area contributed by atoms with Crippen molar-refractivity contribution in [1.82, 2.24) is 0 Å². The fraction of sp³-hybridized carbons (Fsp3) is 0.750. The molecule has 1 aliphatic rings. The number of carboxylic acid groups (broad SMARTS) is 1. The fourth-order valence-electron chi connectivity index (χ4n) is 1.31. The summed E-state index contributed by atoms with van der Waals surface area (Å²) >= 11 is 0. The van der Waals surface area contributed by atoms with Crippen LogP contribution < -0.4 is 0 Å². The maximum atomic E-state index is 10.6. The third-order valence-corrected chi connectivity index (χ3v) is 2.10. The minimum atomic E-state index is -1.79. The topological polar surface area (TPSA) is 134 Å². The van der Waals surface area contributed by atoms with Gasteiger partial charge < -0.3 is 29.9 Å². The lowest BCUT2D eigenvalue weighted by Gasteiger charge is -2.37. The Morgan fingerprint density at radius 3 is 2.12 bits per heavy atom. The van der Waals surface area contributed by atoms with Gasteiger partial charge in [-0.1, -0.05) is 0 Å². The van der Waals surface area contributed by atoms with E-state index >= 15 is 0 Å². The first-order chi connectivity index (χ1) is 7.34. The Balaban J connectivity index is 2.80. The molecule has 8 nitrogen and oxygen atoms in total. The van der Waals surface area contributed by atoms with Crippen LogP contribution in [0, 0.1) is 0 Å². The number of ether oxygens (including phenoxy) is 2. The number of aliphatic carboxylic acids is 1. The molecule has 8 heteroatoms. The molecular formula is C8H12O8. The smallest absolute Gasteiger partial charge is 0.335 e. The molecule has 0 bridgehead atoms. The van der Waals surface area contributed by atoms with E-state index in [9.17, 15) is 24.9 Å². The van der Waals surface area contributed by atoms with E-state index in [2.05, 4.69) is 9.47 Å². The van der Waals surface area contributed by atoms with Crippen LogP contribution in [0.25, 0.3) is 0 Å². The third-order valence-electron chi connectivity index (χ3n) is 2.10. The molecule has 0 spiro atoms. The number of esters is 1. The van der Waals surface area contributed by atoms with Gasteiger partial charge in [0.05, 0.1) is 0 Å². The maximum absolute atomic E-state index is 10.6. The second-order valence-corrected chi connectivity index (χ2v) is 3.34. The van der Waals surface area contributed by atoms with Crippen LogP contribution in [0.5, 0.6) is 0 Å². The summed E-state index contributed by atoms with van der Waals surface area (Å²) < 4.78 is 9.11. The summed E-state index contributed by atoms with van der Waals surface area (Å²) in [5.41, 5.74) is 0. The van der Waals surface area contributed by atoms with Gasteiger partial charge >= 0.3 is 11.9 Å². The van der Waals surface area contributed by atoms with Crippen molar-refractivity contribution in [1.29, 1.82) is 0 Å². The highest BCUT2D eigenvalue weighted by atomic mass is 16.7. The second-order valence-electron chi connectivity index (χ2n) is 3.34. The molecule has 0 amide bonds. The predicted molar refractivity (Wildman–Crippen MR) is 46.1 cm³/mol. The van der Waals surface area contributed by atoms with Crippen molar-refractivity contribution in [2.24, 2.45) is 0 Å². The average molecular weight is 236 g/mol. The van der Waals surface area contributed by atoms with Gasteiger partial charge in [-0.2, -0.15) is 0 Å². The lowest BCUT2D eigenvalue weighted by atomic mass is 9.99. The first-order valence-electron chi connectivity index (χ1n) is 4.44. The van der Waals surface area contributed by atoms with E-state index in [1.807, 2.05) is 0 Å². The van der Waals surface area contributed by atoms with Crippen molar-refractivity contribution in [2.75, 3.05) is 0 Å². The molecule has 1 saturated heterocycles. The zero-order valence-electron chi connectivity index (χ0n) is 8.31. The lowest BCUT2D eigenvalue weighted by Crippen LogP contribution is -2.60. The van der Waals surface area contributed by atoms with Gasteiger partial charge in [0.25, 0.3) is 0 Å². The molecule has 1 aliphatic heterocycles. The van der Waals surface area contributed by atoms with Crippen molar-refractivity contribution in [3.05, 3.63) is 0 Å². The number of aliphatic hydroxyl groups excluding tert-OH is 3. The van der Waals surface area contributed by atoms with E-state index < -0.39 is 42.6 Å². The monoisotopic (exact) mass is 236 g/mol. The van der Waals surface area contributed by atoms with Crippen LogP contribution in [0.1, 0.15) is 6.92 Å². The Morgan fingerprint density at radius 2 is 1.69 bits per heavy atom. The lowest BCUT2D eigenvalue weighted by molar-refractivity contribution is -0.285. The van der Waals surface area contributed by atoms with Crippen LogP contribution in [0.15, 0.2) is 0 Å². The quantitative estimate of drug-likeness (QED) is 0.385. The first-order valence-corrected chi connectivity index (χ1v) is 4.44. The van der Waals surface area contributed by atoms with E-state index in [4.69, 9.17) is 5.11 Å². The molecule has 4 N–H and O–H groups in total. The highest BCUT2D eigenvalue weighted by Crippen LogP contribution is 2.22. The van der Waals surface area contributed by atoms with Crippen LogP contribution in [-0.2, 0) is 19.1 Å². The molecule has 1 rings (SSSR count). The Kier molecular flexibility index (Phi) is 3.81.